The van der Waals surface area contributed by atoms with Crippen LogP contribution >= 0.6 is 11.3 Å². The van der Waals surface area contributed by atoms with Crippen molar-refractivity contribution < 1.29 is 27.4 Å². The van der Waals surface area contributed by atoms with Gasteiger partial charge in [0.1, 0.15) is 11.5 Å². The van der Waals surface area contributed by atoms with Gasteiger partial charge in [-0.15, -0.1) is 11.3 Å². The van der Waals surface area contributed by atoms with Crippen LogP contribution in [0.5, 0.6) is 11.5 Å². The van der Waals surface area contributed by atoms with Gasteiger partial charge in [0.15, 0.2) is 11.5 Å². The van der Waals surface area contributed by atoms with E-state index >= 15 is 0 Å². The molecule has 0 aliphatic carbocycles. The van der Waals surface area contributed by atoms with Crippen LogP contribution in [0.4, 0.5) is 0 Å². The molecule has 0 amide bonds. The van der Waals surface area contributed by atoms with E-state index < -0.39 is 16.0 Å². The topological polar surface area (TPSA) is 82.1 Å². The van der Waals surface area contributed by atoms with Crippen LogP contribution in [0.15, 0.2) is 34.5 Å². The Bertz CT molecular complexity index is 872. The molecule has 7 nitrogen and oxygen atoms in total. The predicted octanol–water partition coefficient (Wildman–Crippen LogP) is 2.08. The molecule has 1 aromatic carbocycles. The maximum atomic E-state index is 12.1. The zero-order valence-corrected chi connectivity index (χ0v) is 14.6. The standard InChI is InChI=1S/C15H15NO6S2/c1-16(2)24(18,19)11-6-14(23-8-11)15(17)20-7-10-3-4-12-13(5-10)22-9-21-12/h3-6,8H,7,9H2,1-2H3. The van der Waals surface area contributed by atoms with E-state index in [1.54, 1.807) is 18.2 Å². The maximum absolute atomic E-state index is 12.1. The van der Waals surface area contributed by atoms with E-state index in [1.807, 2.05) is 0 Å². The lowest BCUT2D eigenvalue weighted by Gasteiger charge is -2.08. The van der Waals surface area contributed by atoms with Crippen molar-refractivity contribution in [1.29, 1.82) is 0 Å². The molecule has 0 N–H and O–H groups in total. The van der Waals surface area contributed by atoms with Gasteiger partial charge in [-0.05, 0) is 23.8 Å². The zero-order chi connectivity index (χ0) is 17.3. The first-order valence-corrected chi connectivity index (χ1v) is 9.26. The molecule has 1 aliphatic rings. The number of benzene rings is 1. The van der Waals surface area contributed by atoms with E-state index in [2.05, 4.69) is 0 Å². The van der Waals surface area contributed by atoms with Crippen LogP contribution < -0.4 is 9.47 Å². The summed E-state index contributed by atoms with van der Waals surface area (Å²) in [5, 5.41) is 1.42. The van der Waals surface area contributed by atoms with Crippen molar-refractivity contribution in [3.05, 3.63) is 40.1 Å². The Kier molecular flexibility index (Phi) is 4.48. The summed E-state index contributed by atoms with van der Waals surface area (Å²) in [6, 6.07) is 6.59. The van der Waals surface area contributed by atoms with Gasteiger partial charge >= 0.3 is 5.97 Å². The average molecular weight is 369 g/mol. The first-order chi connectivity index (χ1) is 11.4. The van der Waals surface area contributed by atoms with Crippen LogP contribution in [0.2, 0.25) is 0 Å². The lowest BCUT2D eigenvalue weighted by Crippen LogP contribution is -2.21. The summed E-state index contributed by atoms with van der Waals surface area (Å²) >= 11 is 1.03. The number of carbonyl (C=O) groups excluding carboxylic acids is 1. The van der Waals surface area contributed by atoms with Crippen LogP contribution in [-0.4, -0.2) is 39.6 Å². The van der Waals surface area contributed by atoms with E-state index in [9.17, 15) is 13.2 Å². The summed E-state index contributed by atoms with van der Waals surface area (Å²) in [5.74, 6) is 0.693. The van der Waals surface area contributed by atoms with Gasteiger partial charge in [0.2, 0.25) is 16.8 Å². The smallest absolute Gasteiger partial charge is 0.348 e. The summed E-state index contributed by atoms with van der Waals surface area (Å²) in [5.41, 5.74) is 0.755. The highest BCUT2D eigenvalue weighted by Crippen LogP contribution is 2.32. The molecule has 3 rings (SSSR count). The number of esters is 1. The molecule has 1 aromatic heterocycles. The Morgan fingerprint density at radius 3 is 2.75 bits per heavy atom. The molecule has 2 heterocycles. The van der Waals surface area contributed by atoms with E-state index in [0.29, 0.717) is 11.5 Å². The number of nitrogens with zero attached hydrogens (tertiary/aromatic N) is 1. The van der Waals surface area contributed by atoms with E-state index in [0.717, 1.165) is 21.2 Å². The molecule has 9 heteroatoms. The van der Waals surface area contributed by atoms with Crippen molar-refractivity contribution in [2.75, 3.05) is 20.9 Å². The minimum Gasteiger partial charge on any atom is -0.457 e. The number of rotatable bonds is 5. The van der Waals surface area contributed by atoms with Crippen molar-refractivity contribution in [1.82, 2.24) is 4.31 Å². The van der Waals surface area contributed by atoms with Gasteiger partial charge in [0.05, 0.1) is 4.90 Å². The molecule has 24 heavy (non-hydrogen) atoms. The Hall–Kier alpha value is -2.10. The van der Waals surface area contributed by atoms with Crippen molar-refractivity contribution in [2.24, 2.45) is 0 Å². The van der Waals surface area contributed by atoms with Gasteiger partial charge in [-0.2, -0.15) is 0 Å². The SMILES string of the molecule is CN(C)S(=O)(=O)c1csc(C(=O)OCc2ccc3c(c2)OCO3)c1. The number of sulfonamides is 1. The van der Waals surface area contributed by atoms with Crippen molar-refractivity contribution in [3.8, 4) is 11.5 Å². The number of carbonyl (C=O) groups is 1. The first kappa shape index (κ1) is 16.7. The summed E-state index contributed by atoms with van der Waals surface area (Å²) < 4.78 is 40.8. The highest BCUT2D eigenvalue weighted by atomic mass is 32.2. The van der Waals surface area contributed by atoms with Crippen molar-refractivity contribution in [2.45, 2.75) is 11.5 Å². The van der Waals surface area contributed by atoms with Crippen LogP contribution in [0.1, 0.15) is 15.2 Å². The predicted molar refractivity (Wildman–Crippen MR) is 86.9 cm³/mol. The number of hydrogen-bond donors (Lipinski definition) is 0. The third kappa shape index (κ3) is 3.23. The third-order valence-electron chi connectivity index (χ3n) is 3.36. The van der Waals surface area contributed by atoms with E-state index in [-0.39, 0.29) is 23.2 Å². The average Bonchev–Trinajstić information content (AvgIpc) is 3.21. The fourth-order valence-corrected chi connectivity index (χ4v) is 4.08. The highest BCUT2D eigenvalue weighted by molar-refractivity contribution is 7.89. The lowest BCUT2D eigenvalue weighted by atomic mass is 10.2. The summed E-state index contributed by atoms with van der Waals surface area (Å²) in [6.07, 6.45) is 0. The molecule has 0 atom stereocenters. The first-order valence-electron chi connectivity index (χ1n) is 6.94. The van der Waals surface area contributed by atoms with E-state index in [4.69, 9.17) is 14.2 Å². The second kappa shape index (κ2) is 6.42. The van der Waals surface area contributed by atoms with Crippen LogP contribution in [0.25, 0.3) is 0 Å². The number of ether oxygens (including phenoxy) is 3. The number of fused-ring (bicyclic) bond motifs is 1. The Morgan fingerprint density at radius 1 is 1.25 bits per heavy atom. The lowest BCUT2D eigenvalue weighted by molar-refractivity contribution is 0.0478. The van der Waals surface area contributed by atoms with Gasteiger partial charge in [-0.1, -0.05) is 6.07 Å². The monoisotopic (exact) mass is 369 g/mol. The summed E-state index contributed by atoms with van der Waals surface area (Å²) in [6.45, 7) is 0.236. The second-order valence-corrected chi connectivity index (χ2v) is 8.26. The Labute approximate surface area is 143 Å². The number of thiophene rings is 1. The van der Waals surface area contributed by atoms with Crippen LogP contribution in [-0.2, 0) is 21.4 Å². The van der Waals surface area contributed by atoms with Crippen molar-refractivity contribution >= 4 is 27.3 Å². The van der Waals surface area contributed by atoms with Gasteiger partial charge in [-0.3, -0.25) is 0 Å². The highest BCUT2D eigenvalue weighted by Gasteiger charge is 2.22. The minimum absolute atomic E-state index is 0.0587. The summed E-state index contributed by atoms with van der Waals surface area (Å²) in [4.78, 5) is 12.4. The fraction of sp³-hybridized carbons (Fsp3) is 0.267. The molecule has 0 radical (unpaired) electrons. The molecule has 0 fully saturated rings. The molecular formula is C15H15NO6S2. The molecule has 0 unspecified atom stereocenters. The molecule has 2 aromatic rings. The zero-order valence-electron chi connectivity index (χ0n) is 13.0. The van der Waals surface area contributed by atoms with Crippen LogP contribution in [0.3, 0.4) is 0 Å². The maximum Gasteiger partial charge on any atom is 0.348 e. The third-order valence-corrected chi connectivity index (χ3v) is 6.21. The molecule has 0 spiro atoms. The molecule has 0 saturated heterocycles. The molecular weight excluding hydrogens is 354 g/mol. The fourth-order valence-electron chi connectivity index (χ4n) is 2.02. The summed E-state index contributed by atoms with van der Waals surface area (Å²) in [7, 11) is -0.688. The normalized spacial score (nSPS) is 13.3. The molecule has 0 bridgehead atoms. The molecule has 128 valence electrons. The van der Waals surface area contributed by atoms with Crippen LogP contribution in [0, 0.1) is 0 Å². The Balaban J connectivity index is 1.67. The molecule has 0 saturated carbocycles. The van der Waals surface area contributed by atoms with Gasteiger partial charge in [-0.25, -0.2) is 17.5 Å². The minimum atomic E-state index is -3.56. The molecule has 1 aliphatic heterocycles. The second-order valence-electron chi connectivity index (χ2n) is 5.20. The van der Waals surface area contributed by atoms with Crippen molar-refractivity contribution in [3.63, 3.8) is 0 Å². The Morgan fingerprint density at radius 2 is 2.00 bits per heavy atom. The van der Waals surface area contributed by atoms with E-state index in [1.165, 1.54) is 25.5 Å². The largest absolute Gasteiger partial charge is 0.457 e. The van der Waals surface area contributed by atoms with Gasteiger partial charge in [0, 0.05) is 19.5 Å². The van der Waals surface area contributed by atoms with Gasteiger partial charge in [0.25, 0.3) is 0 Å². The van der Waals surface area contributed by atoms with Gasteiger partial charge < -0.3 is 14.2 Å². The quantitative estimate of drug-likeness (QED) is 0.751. The number of hydrogen-bond acceptors (Lipinski definition) is 7.